The molecule has 2 atom stereocenters. The van der Waals surface area contributed by atoms with E-state index in [4.69, 9.17) is 32.7 Å². The van der Waals surface area contributed by atoms with Crippen LogP contribution in [-0.2, 0) is 23.9 Å². The van der Waals surface area contributed by atoms with Crippen LogP contribution in [0.15, 0.2) is 42.5 Å². The first-order valence-corrected chi connectivity index (χ1v) is 13.0. The van der Waals surface area contributed by atoms with Gasteiger partial charge in [0.2, 0.25) is 5.91 Å². The molecule has 2 saturated heterocycles. The summed E-state index contributed by atoms with van der Waals surface area (Å²) in [4.78, 5) is 65.9. The van der Waals surface area contributed by atoms with Gasteiger partial charge in [-0.05, 0) is 68.8 Å². The van der Waals surface area contributed by atoms with E-state index in [9.17, 15) is 24.0 Å². The van der Waals surface area contributed by atoms with Crippen LogP contribution in [0.25, 0.3) is 0 Å². The van der Waals surface area contributed by atoms with Crippen molar-refractivity contribution in [2.75, 3.05) is 31.2 Å². The van der Waals surface area contributed by atoms with Crippen molar-refractivity contribution in [3.8, 4) is 0 Å². The summed E-state index contributed by atoms with van der Waals surface area (Å²) in [5, 5.41) is 0.519. The van der Waals surface area contributed by atoms with E-state index in [0.29, 0.717) is 36.8 Å². The molecule has 2 aromatic carbocycles. The number of carbonyl (C=O) groups excluding carboxylic acids is 5. The molecule has 38 heavy (non-hydrogen) atoms. The van der Waals surface area contributed by atoms with Crippen LogP contribution in [0.2, 0.25) is 10.0 Å². The number of anilines is 1. The topological polar surface area (TPSA) is 110 Å². The molecule has 0 bridgehead atoms. The second-order valence-corrected chi connectivity index (χ2v) is 9.86. The normalized spacial score (nSPS) is 19.9. The number of imide groups is 1. The van der Waals surface area contributed by atoms with Gasteiger partial charge in [0, 0.05) is 12.1 Å². The van der Waals surface area contributed by atoms with Gasteiger partial charge in [0.25, 0.3) is 5.91 Å². The second-order valence-electron chi connectivity index (χ2n) is 9.05. The Bertz CT molecular complexity index is 1260. The summed E-state index contributed by atoms with van der Waals surface area (Å²) in [6, 6.07) is 9.51. The standard InChI is InChI=1S/C27H26Cl2N2O7/c1-2-37-27(36)18-4-3-11-30(14-18)22-13-24(33)31(25(22)34)19-8-5-16(6-9-19)26(35)38-15-23(32)17-7-10-20(28)21(29)12-17/h5-10,12,18,22H,2-4,11,13-15H2,1H3. The van der Waals surface area contributed by atoms with Gasteiger partial charge >= 0.3 is 11.9 Å². The van der Waals surface area contributed by atoms with E-state index < -0.39 is 24.4 Å². The monoisotopic (exact) mass is 560 g/mol. The summed E-state index contributed by atoms with van der Waals surface area (Å²) in [6.45, 7) is 2.52. The van der Waals surface area contributed by atoms with E-state index >= 15 is 0 Å². The lowest BCUT2D eigenvalue weighted by Gasteiger charge is -2.34. The smallest absolute Gasteiger partial charge is 0.338 e. The molecule has 2 heterocycles. The lowest BCUT2D eigenvalue weighted by atomic mass is 9.96. The van der Waals surface area contributed by atoms with Crippen LogP contribution in [-0.4, -0.2) is 66.8 Å². The number of likely N-dealkylation sites (tertiary alicyclic amines) is 1. The molecule has 0 radical (unpaired) electrons. The number of hydrogen-bond donors (Lipinski definition) is 0. The highest BCUT2D eigenvalue weighted by Crippen LogP contribution is 2.29. The highest BCUT2D eigenvalue weighted by atomic mass is 35.5. The van der Waals surface area contributed by atoms with Crippen LogP contribution in [0, 0.1) is 5.92 Å². The number of ether oxygens (including phenoxy) is 2. The Hall–Kier alpha value is -3.27. The minimum atomic E-state index is -0.736. The zero-order chi connectivity index (χ0) is 27.4. The first-order chi connectivity index (χ1) is 18.2. The Balaban J connectivity index is 1.37. The third-order valence-electron chi connectivity index (χ3n) is 6.57. The zero-order valence-corrected chi connectivity index (χ0v) is 22.2. The Morgan fingerprint density at radius 2 is 1.68 bits per heavy atom. The van der Waals surface area contributed by atoms with Crippen molar-refractivity contribution in [1.82, 2.24) is 4.90 Å². The molecule has 0 aliphatic carbocycles. The van der Waals surface area contributed by atoms with Gasteiger partial charge in [0.1, 0.15) is 0 Å². The van der Waals surface area contributed by atoms with E-state index in [2.05, 4.69) is 0 Å². The molecule has 2 aromatic rings. The van der Waals surface area contributed by atoms with Crippen molar-refractivity contribution in [3.05, 3.63) is 63.6 Å². The molecular weight excluding hydrogens is 535 g/mol. The van der Waals surface area contributed by atoms with Crippen molar-refractivity contribution < 1.29 is 33.4 Å². The fourth-order valence-corrected chi connectivity index (χ4v) is 4.93. The Kier molecular flexibility index (Phi) is 8.81. The molecule has 0 aromatic heterocycles. The maximum Gasteiger partial charge on any atom is 0.338 e. The minimum absolute atomic E-state index is 0.00893. The molecule has 200 valence electrons. The molecule has 2 aliphatic heterocycles. The first-order valence-electron chi connectivity index (χ1n) is 12.2. The van der Waals surface area contributed by atoms with Gasteiger partial charge in [-0.15, -0.1) is 0 Å². The first kappa shape index (κ1) is 27.8. The molecule has 4 rings (SSSR count). The average Bonchev–Trinajstić information content (AvgIpc) is 3.22. The number of hydrogen-bond acceptors (Lipinski definition) is 8. The van der Waals surface area contributed by atoms with Crippen molar-refractivity contribution >= 4 is 58.4 Å². The number of amides is 2. The van der Waals surface area contributed by atoms with Crippen LogP contribution in [0.5, 0.6) is 0 Å². The van der Waals surface area contributed by atoms with Crippen LogP contribution in [0.3, 0.4) is 0 Å². The van der Waals surface area contributed by atoms with E-state index in [0.717, 1.165) is 11.3 Å². The third-order valence-corrected chi connectivity index (χ3v) is 7.31. The van der Waals surface area contributed by atoms with Crippen LogP contribution in [0.4, 0.5) is 5.69 Å². The van der Waals surface area contributed by atoms with Crippen molar-refractivity contribution in [3.63, 3.8) is 0 Å². The fraction of sp³-hybridized carbons (Fsp3) is 0.370. The number of piperidine rings is 1. The third kappa shape index (κ3) is 6.06. The predicted octanol–water partition coefficient (Wildman–Crippen LogP) is 3.94. The number of nitrogens with zero attached hydrogens (tertiary/aromatic N) is 2. The summed E-state index contributed by atoms with van der Waals surface area (Å²) >= 11 is 11.8. The SMILES string of the molecule is CCOC(=O)C1CCCN(C2CC(=O)N(c3ccc(C(=O)OCC(=O)c4ccc(Cl)c(Cl)c4)cc3)C2=O)C1. The fourth-order valence-electron chi connectivity index (χ4n) is 4.63. The lowest BCUT2D eigenvalue weighted by Crippen LogP contribution is -2.48. The second kappa shape index (κ2) is 12.1. The van der Waals surface area contributed by atoms with E-state index in [1.54, 1.807) is 6.92 Å². The van der Waals surface area contributed by atoms with Gasteiger partial charge in [-0.25, -0.2) is 9.69 Å². The van der Waals surface area contributed by atoms with Gasteiger partial charge < -0.3 is 9.47 Å². The van der Waals surface area contributed by atoms with Crippen molar-refractivity contribution in [2.24, 2.45) is 5.92 Å². The molecule has 2 unspecified atom stereocenters. The summed E-state index contributed by atoms with van der Waals surface area (Å²) in [6.07, 6.45) is 1.42. The Morgan fingerprint density at radius 1 is 0.974 bits per heavy atom. The molecule has 11 heteroatoms. The molecular formula is C27H26Cl2N2O7. The number of Topliss-reactive ketones (excluding diaryl/α,β-unsaturated/α-hetero) is 1. The van der Waals surface area contributed by atoms with Gasteiger partial charge in [0.15, 0.2) is 12.4 Å². The molecule has 0 spiro atoms. The quantitative estimate of drug-likeness (QED) is 0.271. The number of halogens is 2. The number of carbonyl (C=O) groups is 5. The summed E-state index contributed by atoms with van der Waals surface area (Å²) in [5.41, 5.74) is 0.731. The molecule has 9 nitrogen and oxygen atoms in total. The van der Waals surface area contributed by atoms with Gasteiger partial charge in [-0.2, -0.15) is 0 Å². The van der Waals surface area contributed by atoms with Gasteiger partial charge in [-0.3, -0.25) is 24.1 Å². The predicted molar refractivity (Wildman–Crippen MR) is 139 cm³/mol. The van der Waals surface area contributed by atoms with E-state index in [1.165, 1.54) is 42.5 Å². The molecule has 0 saturated carbocycles. The Morgan fingerprint density at radius 3 is 2.37 bits per heavy atom. The molecule has 2 aliphatic rings. The number of ketones is 1. The number of rotatable bonds is 8. The summed E-state index contributed by atoms with van der Waals surface area (Å²) < 4.78 is 10.2. The number of esters is 2. The summed E-state index contributed by atoms with van der Waals surface area (Å²) in [5.74, 6) is -2.53. The zero-order valence-electron chi connectivity index (χ0n) is 20.7. The maximum atomic E-state index is 13.2. The van der Waals surface area contributed by atoms with Crippen LogP contribution in [0.1, 0.15) is 46.9 Å². The lowest BCUT2D eigenvalue weighted by molar-refractivity contribution is -0.150. The van der Waals surface area contributed by atoms with Gasteiger partial charge in [-0.1, -0.05) is 23.2 Å². The van der Waals surface area contributed by atoms with E-state index in [-0.39, 0.29) is 46.3 Å². The largest absolute Gasteiger partial charge is 0.466 e. The van der Waals surface area contributed by atoms with Crippen LogP contribution < -0.4 is 4.90 Å². The van der Waals surface area contributed by atoms with Gasteiger partial charge in [0.05, 0.1) is 46.3 Å². The van der Waals surface area contributed by atoms with Crippen molar-refractivity contribution in [1.29, 1.82) is 0 Å². The van der Waals surface area contributed by atoms with Crippen LogP contribution >= 0.6 is 23.2 Å². The molecule has 0 N–H and O–H groups in total. The minimum Gasteiger partial charge on any atom is -0.466 e. The summed E-state index contributed by atoms with van der Waals surface area (Å²) in [7, 11) is 0. The average molecular weight is 561 g/mol. The number of benzene rings is 2. The van der Waals surface area contributed by atoms with Crippen molar-refractivity contribution in [2.45, 2.75) is 32.2 Å². The molecule has 2 amide bonds. The van der Waals surface area contributed by atoms with E-state index in [1.807, 2.05) is 4.90 Å². The maximum absolute atomic E-state index is 13.2. The Labute approximate surface area is 229 Å². The molecule has 2 fully saturated rings. The highest BCUT2D eigenvalue weighted by Gasteiger charge is 2.44. The highest BCUT2D eigenvalue weighted by molar-refractivity contribution is 6.42.